The second-order valence-electron chi connectivity index (χ2n) is 4.21. The molecule has 5 heteroatoms. The van der Waals surface area contributed by atoms with Crippen molar-refractivity contribution in [2.45, 2.75) is 6.04 Å². The van der Waals surface area contributed by atoms with E-state index in [-0.39, 0.29) is 6.04 Å². The van der Waals surface area contributed by atoms with Crippen LogP contribution in [0, 0.1) is 0 Å². The highest BCUT2D eigenvalue weighted by Gasteiger charge is 2.16. The Labute approximate surface area is 119 Å². The van der Waals surface area contributed by atoms with Crippen LogP contribution < -0.4 is 10.5 Å². The Bertz CT molecular complexity index is 719. The monoisotopic (exact) mass is 293 g/mol. The zero-order valence-electron chi connectivity index (χ0n) is 10.2. The molecule has 2 aromatic heterocycles. The Morgan fingerprint density at radius 2 is 2.16 bits per heavy atom. The Morgan fingerprint density at radius 3 is 2.84 bits per heavy atom. The zero-order chi connectivity index (χ0) is 13.4. The van der Waals surface area contributed by atoms with Crippen molar-refractivity contribution in [1.29, 1.82) is 0 Å². The highest BCUT2D eigenvalue weighted by molar-refractivity contribution is 7.14. The lowest BCUT2D eigenvalue weighted by molar-refractivity contribution is 0.414. The van der Waals surface area contributed by atoms with E-state index in [0.717, 1.165) is 32.4 Å². The first-order valence-electron chi connectivity index (χ1n) is 5.74. The summed E-state index contributed by atoms with van der Waals surface area (Å²) in [6.07, 6.45) is 0. The van der Waals surface area contributed by atoms with Gasteiger partial charge in [0.2, 0.25) is 0 Å². The van der Waals surface area contributed by atoms with Crippen molar-refractivity contribution in [3.63, 3.8) is 0 Å². The minimum Gasteiger partial charge on any atom is -0.497 e. The molecule has 1 aromatic carbocycles. The molecule has 0 aliphatic heterocycles. The van der Waals surface area contributed by atoms with Gasteiger partial charge in [-0.15, -0.1) is 11.3 Å². The van der Waals surface area contributed by atoms with Crippen molar-refractivity contribution >= 4 is 33.9 Å². The number of thiophene rings is 1. The van der Waals surface area contributed by atoms with E-state index < -0.39 is 0 Å². The minimum absolute atomic E-state index is 0.304. The Kier molecular flexibility index (Phi) is 3.22. The van der Waals surface area contributed by atoms with Gasteiger partial charge in [-0.1, -0.05) is 11.6 Å². The van der Waals surface area contributed by atoms with Gasteiger partial charge in [-0.3, -0.25) is 0 Å². The lowest BCUT2D eigenvalue weighted by Gasteiger charge is -2.05. The van der Waals surface area contributed by atoms with Gasteiger partial charge in [0, 0.05) is 11.5 Å². The predicted octanol–water partition coefficient (Wildman–Crippen LogP) is 4.20. The third-order valence-electron chi connectivity index (χ3n) is 3.00. The predicted molar refractivity (Wildman–Crippen MR) is 78.1 cm³/mol. The average Bonchev–Trinajstić information content (AvgIpc) is 3.02. The van der Waals surface area contributed by atoms with Crippen LogP contribution in [0.5, 0.6) is 5.75 Å². The molecule has 0 spiro atoms. The maximum atomic E-state index is 6.19. The SMILES string of the molecule is COc1ccc2cc(C(N)c3csc(Cl)c3)oc2c1. The molecule has 0 aliphatic carbocycles. The number of methoxy groups -OCH3 is 1. The van der Waals surface area contributed by atoms with Crippen LogP contribution in [0.15, 0.2) is 40.1 Å². The van der Waals surface area contributed by atoms with Gasteiger partial charge in [0.05, 0.1) is 17.5 Å². The topological polar surface area (TPSA) is 48.4 Å². The molecule has 0 bridgehead atoms. The number of hydrogen-bond donors (Lipinski definition) is 1. The molecule has 0 saturated carbocycles. The van der Waals surface area contributed by atoms with E-state index in [9.17, 15) is 0 Å². The van der Waals surface area contributed by atoms with Crippen molar-refractivity contribution in [2.24, 2.45) is 5.73 Å². The molecular weight excluding hydrogens is 282 g/mol. The number of rotatable bonds is 3. The van der Waals surface area contributed by atoms with E-state index in [2.05, 4.69) is 0 Å². The maximum absolute atomic E-state index is 6.19. The van der Waals surface area contributed by atoms with E-state index in [1.165, 1.54) is 11.3 Å². The molecule has 2 N–H and O–H groups in total. The third kappa shape index (κ3) is 2.34. The number of benzene rings is 1. The molecule has 98 valence electrons. The summed E-state index contributed by atoms with van der Waals surface area (Å²) in [4.78, 5) is 0. The van der Waals surface area contributed by atoms with E-state index in [4.69, 9.17) is 26.5 Å². The third-order valence-corrected chi connectivity index (χ3v) is 4.11. The molecule has 1 atom stereocenters. The molecule has 0 fully saturated rings. The maximum Gasteiger partial charge on any atom is 0.138 e. The van der Waals surface area contributed by atoms with Gasteiger partial charge in [-0.05, 0) is 35.2 Å². The normalized spacial score (nSPS) is 12.8. The fraction of sp³-hybridized carbons (Fsp3) is 0.143. The smallest absolute Gasteiger partial charge is 0.138 e. The van der Waals surface area contributed by atoms with Gasteiger partial charge in [0.15, 0.2) is 0 Å². The Balaban J connectivity index is 2.00. The van der Waals surface area contributed by atoms with Crippen LogP contribution >= 0.6 is 22.9 Å². The Hall–Kier alpha value is -1.49. The molecule has 3 nitrogen and oxygen atoms in total. The molecule has 0 aliphatic rings. The lowest BCUT2D eigenvalue weighted by Crippen LogP contribution is -2.09. The highest BCUT2D eigenvalue weighted by atomic mass is 35.5. The summed E-state index contributed by atoms with van der Waals surface area (Å²) in [5.41, 5.74) is 7.92. The standard InChI is InChI=1S/C14H12ClNO2S/c1-17-10-3-2-8-4-12(18-11(8)6-10)14(16)9-5-13(15)19-7-9/h2-7,14H,16H2,1H3. The van der Waals surface area contributed by atoms with Gasteiger partial charge in [0.25, 0.3) is 0 Å². The fourth-order valence-corrected chi connectivity index (χ4v) is 2.89. The molecule has 19 heavy (non-hydrogen) atoms. The van der Waals surface area contributed by atoms with Gasteiger partial charge in [0.1, 0.15) is 17.1 Å². The summed E-state index contributed by atoms with van der Waals surface area (Å²) in [5.74, 6) is 1.48. The highest BCUT2D eigenvalue weighted by Crippen LogP contribution is 2.31. The zero-order valence-corrected chi connectivity index (χ0v) is 11.8. The molecule has 3 aromatic rings. The fourth-order valence-electron chi connectivity index (χ4n) is 1.96. The first-order valence-corrected chi connectivity index (χ1v) is 7.00. The van der Waals surface area contributed by atoms with E-state index in [0.29, 0.717) is 0 Å². The van der Waals surface area contributed by atoms with Crippen LogP contribution in [0.3, 0.4) is 0 Å². The largest absolute Gasteiger partial charge is 0.497 e. The summed E-state index contributed by atoms with van der Waals surface area (Å²) in [6.45, 7) is 0. The summed E-state index contributed by atoms with van der Waals surface area (Å²) in [7, 11) is 1.63. The van der Waals surface area contributed by atoms with Gasteiger partial charge >= 0.3 is 0 Å². The van der Waals surface area contributed by atoms with Crippen molar-refractivity contribution in [3.8, 4) is 5.75 Å². The molecular formula is C14H12ClNO2S. The van der Waals surface area contributed by atoms with E-state index >= 15 is 0 Å². The number of ether oxygens (including phenoxy) is 1. The van der Waals surface area contributed by atoms with Crippen molar-refractivity contribution in [3.05, 3.63) is 51.4 Å². The van der Waals surface area contributed by atoms with E-state index in [1.54, 1.807) is 7.11 Å². The first-order chi connectivity index (χ1) is 9.17. The number of halogens is 1. The molecule has 0 radical (unpaired) electrons. The molecule has 2 heterocycles. The quantitative estimate of drug-likeness (QED) is 0.787. The van der Waals surface area contributed by atoms with Gasteiger partial charge in [-0.2, -0.15) is 0 Å². The van der Waals surface area contributed by atoms with Crippen LogP contribution in [-0.4, -0.2) is 7.11 Å². The summed E-state index contributed by atoms with van der Waals surface area (Å²) < 4.78 is 11.7. The van der Waals surface area contributed by atoms with Crippen LogP contribution in [0.1, 0.15) is 17.4 Å². The van der Waals surface area contributed by atoms with E-state index in [1.807, 2.05) is 35.7 Å². The van der Waals surface area contributed by atoms with Gasteiger partial charge < -0.3 is 14.9 Å². The lowest BCUT2D eigenvalue weighted by atomic mass is 10.1. The molecule has 0 saturated heterocycles. The van der Waals surface area contributed by atoms with Crippen molar-refractivity contribution < 1.29 is 9.15 Å². The number of hydrogen-bond acceptors (Lipinski definition) is 4. The van der Waals surface area contributed by atoms with Crippen molar-refractivity contribution in [2.75, 3.05) is 7.11 Å². The first kappa shape index (κ1) is 12.5. The second kappa shape index (κ2) is 4.89. The number of furan rings is 1. The minimum atomic E-state index is -0.304. The Morgan fingerprint density at radius 1 is 1.32 bits per heavy atom. The number of fused-ring (bicyclic) bond motifs is 1. The number of nitrogens with two attached hydrogens (primary N) is 1. The second-order valence-corrected chi connectivity index (χ2v) is 5.76. The van der Waals surface area contributed by atoms with Crippen molar-refractivity contribution in [1.82, 2.24) is 0 Å². The van der Waals surface area contributed by atoms with Crippen LogP contribution in [0.4, 0.5) is 0 Å². The molecule has 1 unspecified atom stereocenters. The van der Waals surface area contributed by atoms with Crippen LogP contribution in [0.25, 0.3) is 11.0 Å². The molecule has 0 amide bonds. The molecule has 3 rings (SSSR count). The summed E-state index contributed by atoms with van der Waals surface area (Å²) in [5, 5.41) is 2.95. The van der Waals surface area contributed by atoms with Crippen LogP contribution in [-0.2, 0) is 0 Å². The van der Waals surface area contributed by atoms with Gasteiger partial charge in [-0.25, -0.2) is 0 Å². The summed E-state index contributed by atoms with van der Waals surface area (Å²) in [6, 6.07) is 9.22. The average molecular weight is 294 g/mol. The summed E-state index contributed by atoms with van der Waals surface area (Å²) >= 11 is 7.39. The van der Waals surface area contributed by atoms with Crippen LogP contribution in [0.2, 0.25) is 4.34 Å².